The summed E-state index contributed by atoms with van der Waals surface area (Å²) in [5.74, 6) is 0.436. The van der Waals surface area contributed by atoms with Crippen molar-refractivity contribution in [3.63, 3.8) is 0 Å². The highest BCUT2D eigenvalue weighted by atomic mass is 127. The molecule has 1 aromatic carbocycles. The third-order valence-electron chi connectivity index (χ3n) is 1.89. The number of anilines is 1. The highest BCUT2D eigenvalue weighted by Gasteiger charge is 2.16. The van der Waals surface area contributed by atoms with Gasteiger partial charge in [-0.3, -0.25) is 5.43 Å². The zero-order valence-electron chi connectivity index (χ0n) is 8.18. The Bertz CT molecular complexity index is 467. The van der Waals surface area contributed by atoms with Crippen LogP contribution >= 0.6 is 22.6 Å². The molecule has 0 spiro atoms. The summed E-state index contributed by atoms with van der Waals surface area (Å²) in [7, 11) is 0. The number of benzene rings is 1. The third-order valence-corrected chi connectivity index (χ3v) is 2.61. The van der Waals surface area contributed by atoms with E-state index in [0.717, 1.165) is 9.26 Å². The maximum absolute atomic E-state index is 5.54. The first kappa shape index (κ1) is 10.9. The van der Waals surface area contributed by atoms with Gasteiger partial charge in [0, 0.05) is 3.57 Å². The van der Waals surface area contributed by atoms with E-state index in [1.54, 1.807) is 0 Å². The summed E-state index contributed by atoms with van der Waals surface area (Å²) >= 11 is 2.23. The molecule has 0 amide bonds. The molecule has 0 fully saturated rings. The molecule has 0 unspecified atom stereocenters. The van der Waals surface area contributed by atoms with Crippen LogP contribution in [-0.2, 0) is 0 Å². The largest absolute Gasteiger partial charge is 0.380 e. The van der Waals surface area contributed by atoms with Crippen molar-refractivity contribution < 1.29 is 0 Å². The third kappa shape index (κ3) is 2.30. The second-order valence-electron chi connectivity index (χ2n) is 3.05. The smallest absolute Gasteiger partial charge is 0.177 e. The lowest BCUT2D eigenvalue weighted by atomic mass is 10.3. The van der Waals surface area contributed by atoms with Crippen LogP contribution in [0.1, 0.15) is 0 Å². The monoisotopic (exact) mass is 328 g/mol. The van der Waals surface area contributed by atoms with E-state index in [0.29, 0.717) is 5.71 Å². The van der Waals surface area contributed by atoms with Gasteiger partial charge in [0.25, 0.3) is 0 Å². The second kappa shape index (κ2) is 4.47. The standard InChI is InChI=1S/C9H9IN6/c10-5-1-3-6(4-2-5)13-14-7-8(11)15-16-9(7)12/h1-4,13H,(H4,11,12,14,15,16). The predicted octanol–water partition coefficient (Wildman–Crippen LogP) is 0.702. The van der Waals surface area contributed by atoms with Crippen LogP contribution in [0.15, 0.2) is 39.6 Å². The summed E-state index contributed by atoms with van der Waals surface area (Å²) in [4.78, 5) is 0. The van der Waals surface area contributed by atoms with Crippen LogP contribution < -0.4 is 16.9 Å². The lowest BCUT2D eigenvalue weighted by Crippen LogP contribution is -2.32. The summed E-state index contributed by atoms with van der Waals surface area (Å²) in [5.41, 5.74) is 15.1. The number of nitrogens with two attached hydrogens (primary N) is 2. The first-order valence-electron chi connectivity index (χ1n) is 4.43. The minimum absolute atomic E-state index is 0.218. The molecule has 0 bridgehead atoms. The SMILES string of the molecule is NC1=NN=C(N)C1=NNc1ccc(I)cc1. The molecule has 6 nitrogen and oxygen atoms in total. The number of hydrazone groups is 1. The van der Waals surface area contributed by atoms with Crippen molar-refractivity contribution in [1.82, 2.24) is 0 Å². The van der Waals surface area contributed by atoms with E-state index in [-0.39, 0.29) is 11.7 Å². The predicted molar refractivity (Wildman–Crippen MR) is 73.5 cm³/mol. The lowest BCUT2D eigenvalue weighted by molar-refractivity contribution is 1.25. The van der Waals surface area contributed by atoms with E-state index < -0.39 is 0 Å². The molecule has 5 N–H and O–H groups in total. The van der Waals surface area contributed by atoms with E-state index in [4.69, 9.17) is 11.5 Å². The molecule has 1 aliphatic rings. The maximum atomic E-state index is 5.54. The van der Waals surface area contributed by atoms with Gasteiger partial charge >= 0.3 is 0 Å². The van der Waals surface area contributed by atoms with E-state index in [1.165, 1.54) is 0 Å². The molecule has 0 aliphatic carbocycles. The first-order chi connectivity index (χ1) is 7.66. The van der Waals surface area contributed by atoms with Gasteiger partial charge in [0.15, 0.2) is 17.4 Å². The number of amidine groups is 2. The summed E-state index contributed by atoms with van der Waals surface area (Å²) < 4.78 is 1.15. The lowest BCUT2D eigenvalue weighted by Gasteiger charge is -2.02. The van der Waals surface area contributed by atoms with Crippen molar-refractivity contribution >= 4 is 45.7 Å². The average molecular weight is 328 g/mol. The van der Waals surface area contributed by atoms with Gasteiger partial charge in [-0.05, 0) is 46.9 Å². The van der Waals surface area contributed by atoms with E-state index in [1.807, 2.05) is 24.3 Å². The zero-order valence-corrected chi connectivity index (χ0v) is 10.3. The van der Waals surface area contributed by atoms with Gasteiger partial charge in [0.05, 0.1) is 5.69 Å². The highest BCUT2D eigenvalue weighted by molar-refractivity contribution is 14.1. The molecule has 0 atom stereocenters. The number of nitrogens with one attached hydrogen (secondary N) is 1. The van der Waals surface area contributed by atoms with Crippen LogP contribution in [0.2, 0.25) is 0 Å². The second-order valence-corrected chi connectivity index (χ2v) is 4.30. The van der Waals surface area contributed by atoms with Crippen LogP contribution in [0, 0.1) is 3.57 Å². The summed E-state index contributed by atoms with van der Waals surface area (Å²) in [6, 6.07) is 7.74. The van der Waals surface area contributed by atoms with Crippen LogP contribution in [0.5, 0.6) is 0 Å². The first-order valence-corrected chi connectivity index (χ1v) is 5.51. The summed E-state index contributed by atoms with van der Waals surface area (Å²) in [6.07, 6.45) is 0. The fraction of sp³-hybridized carbons (Fsp3) is 0. The Morgan fingerprint density at radius 1 is 1.06 bits per heavy atom. The van der Waals surface area contributed by atoms with Gasteiger partial charge in [-0.15, -0.1) is 10.2 Å². The number of nitrogens with zero attached hydrogens (tertiary/aromatic N) is 3. The molecular weight excluding hydrogens is 319 g/mol. The molecular formula is C9H9IN6. The van der Waals surface area contributed by atoms with Gasteiger partial charge in [-0.2, -0.15) is 5.10 Å². The molecule has 1 aromatic rings. The zero-order chi connectivity index (χ0) is 11.5. The van der Waals surface area contributed by atoms with Crippen molar-refractivity contribution in [3.8, 4) is 0 Å². The molecule has 82 valence electrons. The van der Waals surface area contributed by atoms with Crippen LogP contribution in [0.25, 0.3) is 0 Å². The Morgan fingerprint density at radius 3 is 2.19 bits per heavy atom. The fourth-order valence-corrected chi connectivity index (χ4v) is 1.45. The molecule has 16 heavy (non-hydrogen) atoms. The van der Waals surface area contributed by atoms with Gasteiger partial charge in [-0.1, -0.05) is 0 Å². The Hall–Kier alpha value is -1.64. The Morgan fingerprint density at radius 2 is 1.62 bits per heavy atom. The summed E-state index contributed by atoms with van der Waals surface area (Å²) in [6.45, 7) is 0. The topological polar surface area (TPSA) is 101 Å². The molecule has 0 saturated heterocycles. The summed E-state index contributed by atoms with van der Waals surface area (Å²) in [5, 5.41) is 11.3. The van der Waals surface area contributed by atoms with Crippen molar-refractivity contribution in [1.29, 1.82) is 0 Å². The average Bonchev–Trinajstić information content (AvgIpc) is 2.59. The highest BCUT2D eigenvalue weighted by Crippen LogP contribution is 2.11. The van der Waals surface area contributed by atoms with E-state index in [9.17, 15) is 0 Å². The minimum atomic E-state index is 0.218. The van der Waals surface area contributed by atoms with Crippen LogP contribution in [-0.4, -0.2) is 17.4 Å². The van der Waals surface area contributed by atoms with Crippen LogP contribution in [0.4, 0.5) is 5.69 Å². The molecule has 1 aliphatic heterocycles. The number of hydrogen-bond acceptors (Lipinski definition) is 6. The van der Waals surface area contributed by atoms with Gasteiger partial charge in [-0.25, -0.2) is 0 Å². The minimum Gasteiger partial charge on any atom is -0.380 e. The normalized spacial score (nSPS) is 14.4. The molecule has 0 aromatic heterocycles. The van der Waals surface area contributed by atoms with Crippen molar-refractivity contribution in [3.05, 3.63) is 27.8 Å². The maximum Gasteiger partial charge on any atom is 0.177 e. The molecule has 0 radical (unpaired) electrons. The fourth-order valence-electron chi connectivity index (χ4n) is 1.09. The van der Waals surface area contributed by atoms with Gasteiger partial charge < -0.3 is 11.5 Å². The van der Waals surface area contributed by atoms with Crippen molar-refractivity contribution in [2.45, 2.75) is 0 Å². The Kier molecular flexibility index (Phi) is 3.04. The quantitative estimate of drug-likeness (QED) is 0.550. The molecule has 7 heteroatoms. The molecule has 1 heterocycles. The number of rotatable bonds is 2. The number of hydrogen-bond donors (Lipinski definition) is 3. The van der Waals surface area contributed by atoms with Crippen molar-refractivity contribution in [2.24, 2.45) is 26.8 Å². The van der Waals surface area contributed by atoms with Gasteiger partial charge in [0.1, 0.15) is 0 Å². The van der Waals surface area contributed by atoms with Crippen molar-refractivity contribution in [2.75, 3.05) is 5.43 Å². The molecule has 2 rings (SSSR count). The Labute approximate surface area is 106 Å². The van der Waals surface area contributed by atoms with E-state index >= 15 is 0 Å². The van der Waals surface area contributed by atoms with Gasteiger partial charge in [0.2, 0.25) is 0 Å². The van der Waals surface area contributed by atoms with Crippen LogP contribution in [0.3, 0.4) is 0 Å². The number of halogens is 1. The molecule has 0 saturated carbocycles. The van der Waals surface area contributed by atoms with E-state index in [2.05, 4.69) is 43.3 Å². The Balaban J connectivity index is 2.12.